The number of rotatable bonds is 11. The Morgan fingerprint density at radius 2 is 1.69 bits per heavy atom. The fraction of sp³-hybridized carbons (Fsp3) is 0.333. The molecule has 0 heterocycles. The van der Waals surface area contributed by atoms with E-state index in [2.05, 4.69) is 11.4 Å². The number of halogens is 1. The number of nitrogens with zero attached hydrogens (tertiary/aromatic N) is 1. The maximum atomic E-state index is 13.7. The maximum absolute atomic E-state index is 13.7. The maximum Gasteiger partial charge on any atom is 0.261 e. The summed E-state index contributed by atoms with van der Waals surface area (Å²) >= 11 is 6.23. The third-order valence-corrected chi connectivity index (χ3v) is 6.41. The molecule has 1 unspecified atom stereocenters. The number of nitrogens with one attached hydrogen (secondary N) is 1. The van der Waals surface area contributed by atoms with Crippen LogP contribution in [0.5, 0.6) is 5.75 Å². The molecule has 2 amide bonds. The van der Waals surface area contributed by atoms with Crippen LogP contribution in [0.25, 0.3) is 0 Å². The second-order valence-electron chi connectivity index (χ2n) is 9.14. The van der Waals surface area contributed by atoms with Crippen molar-refractivity contribution in [1.29, 1.82) is 0 Å². The largest absolute Gasteiger partial charge is 0.483 e. The number of hydrogen-bond donors (Lipinski definition) is 1. The minimum absolute atomic E-state index is 0.170. The number of ether oxygens (including phenoxy) is 1. The Morgan fingerprint density at radius 3 is 2.39 bits per heavy atom. The highest BCUT2D eigenvalue weighted by atomic mass is 35.5. The van der Waals surface area contributed by atoms with Gasteiger partial charge in [0.2, 0.25) is 5.91 Å². The average Bonchev–Trinajstić information content (AvgIpc) is 2.86. The summed E-state index contributed by atoms with van der Waals surface area (Å²) in [6.45, 7) is 8.62. The van der Waals surface area contributed by atoms with E-state index in [4.69, 9.17) is 16.3 Å². The summed E-state index contributed by atoms with van der Waals surface area (Å²) in [6.07, 6.45) is 1.20. The van der Waals surface area contributed by atoms with Gasteiger partial charge in [0.1, 0.15) is 11.8 Å². The Labute approximate surface area is 219 Å². The Hall–Kier alpha value is -3.31. The molecule has 0 spiro atoms. The topological polar surface area (TPSA) is 58.6 Å². The normalized spacial score (nSPS) is 11.6. The van der Waals surface area contributed by atoms with Crippen molar-refractivity contribution in [1.82, 2.24) is 10.2 Å². The molecule has 0 saturated heterocycles. The van der Waals surface area contributed by atoms with Crippen molar-refractivity contribution >= 4 is 23.4 Å². The van der Waals surface area contributed by atoms with Gasteiger partial charge in [0.05, 0.1) is 0 Å². The van der Waals surface area contributed by atoms with Crippen molar-refractivity contribution in [3.05, 3.63) is 99.6 Å². The first-order valence-corrected chi connectivity index (χ1v) is 12.7. The number of aryl methyl sites for hydroxylation is 2. The number of benzene rings is 3. The van der Waals surface area contributed by atoms with Crippen LogP contribution in [0.3, 0.4) is 0 Å². The average molecular weight is 507 g/mol. The lowest BCUT2D eigenvalue weighted by Gasteiger charge is -2.31. The minimum atomic E-state index is -0.700. The predicted octanol–water partition coefficient (Wildman–Crippen LogP) is 5.81. The van der Waals surface area contributed by atoms with E-state index in [9.17, 15) is 9.59 Å². The first-order chi connectivity index (χ1) is 17.3. The molecular weight excluding hydrogens is 472 g/mol. The predicted molar refractivity (Wildman–Crippen MR) is 145 cm³/mol. The highest BCUT2D eigenvalue weighted by Crippen LogP contribution is 2.24. The Morgan fingerprint density at radius 1 is 0.972 bits per heavy atom. The molecule has 0 bridgehead atoms. The molecule has 190 valence electrons. The van der Waals surface area contributed by atoms with Crippen LogP contribution in [0.15, 0.2) is 66.7 Å². The molecule has 0 radical (unpaired) electrons. The van der Waals surface area contributed by atoms with Crippen molar-refractivity contribution in [2.45, 2.75) is 53.1 Å². The Bertz CT molecular complexity index is 1180. The Balaban J connectivity index is 1.92. The van der Waals surface area contributed by atoms with Gasteiger partial charge in [-0.25, -0.2) is 0 Å². The van der Waals surface area contributed by atoms with Gasteiger partial charge < -0.3 is 15.0 Å². The van der Waals surface area contributed by atoms with Crippen LogP contribution in [0.2, 0.25) is 5.02 Å². The van der Waals surface area contributed by atoms with Crippen molar-refractivity contribution in [3.63, 3.8) is 0 Å². The second-order valence-corrected chi connectivity index (χ2v) is 9.58. The van der Waals surface area contributed by atoms with Crippen molar-refractivity contribution in [2.24, 2.45) is 0 Å². The van der Waals surface area contributed by atoms with Gasteiger partial charge in [0.15, 0.2) is 6.61 Å². The molecule has 1 N–H and O–H groups in total. The van der Waals surface area contributed by atoms with Crippen LogP contribution >= 0.6 is 11.6 Å². The summed E-state index contributed by atoms with van der Waals surface area (Å²) in [5.41, 5.74) is 4.99. The molecule has 3 aromatic rings. The molecule has 1 atom stereocenters. The lowest BCUT2D eigenvalue weighted by atomic mass is 10.0. The van der Waals surface area contributed by atoms with E-state index in [0.29, 0.717) is 23.7 Å². The molecule has 0 aliphatic rings. The van der Waals surface area contributed by atoms with Crippen LogP contribution in [-0.2, 0) is 22.6 Å². The summed E-state index contributed by atoms with van der Waals surface area (Å²) in [4.78, 5) is 28.7. The molecular formula is C30H35ClN2O3. The fourth-order valence-electron chi connectivity index (χ4n) is 4.13. The Kier molecular flexibility index (Phi) is 9.95. The van der Waals surface area contributed by atoms with Crippen LogP contribution in [0, 0.1) is 20.8 Å². The lowest BCUT2D eigenvalue weighted by molar-refractivity contribution is -0.142. The highest BCUT2D eigenvalue weighted by Gasteiger charge is 2.30. The molecule has 0 aliphatic heterocycles. The molecule has 3 rings (SSSR count). The summed E-state index contributed by atoms with van der Waals surface area (Å²) in [6, 6.07) is 20.4. The quantitative estimate of drug-likeness (QED) is 0.357. The van der Waals surface area contributed by atoms with Gasteiger partial charge in [0, 0.05) is 24.5 Å². The standard InChI is InChI=1S/C30H35ClN2O3/c1-5-14-32-30(35)27(18-24-10-7-6-8-11-24)33(19-25-12-9-13-26(31)17-25)29(34)20-36-28-16-21(2)15-22(3)23(28)4/h6-13,15-17,27H,5,14,18-20H2,1-4H3,(H,32,35). The zero-order valence-electron chi connectivity index (χ0n) is 21.5. The molecule has 36 heavy (non-hydrogen) atoms. The first kappa shape index (κ1) is 27.3. The minimum Gasteiger partial charge on any atom is -0.483 e. The number of amides is 2. The van der Waals surface area contributed by atoms with Crippen LogP contribution in [-0.4, -0.2) is 35.9 Å². The van der Waals surface area contributed by atoms with Gasteiger partial charge in [-0.3, -0.25) is 9.59 Å². The van der Waals surface area contributed by atoms with E-state index < -0.39 is 6.04 Å². The van der Waals surface area contributed by atoms with Crippen molar-refractivity contribution in [3.8, 4) is 5.75 Å². The monoisotopic (exact) mass is 506 g/mol. The lowest BCUT2D eigenvalue weighted by Crippen LogP contribution is -2.51. The zero-order chi connectivity index (χ0) is 26.1. The van der Waals surface area contributed by atoms with E-state index in [-0.39, 0.29) is 25.0 Å². The molecule has 0 saturated carbocycles. The molecule has 5 nitrogen and oxygen atoms in total. The van der Waals surface area contributed by atoms with Gasteiger partial charge in [0.25, 0.3) is 5.91 Å². The van der Waals surface area contributed by atoms with Crippen LogP contribution in [0.4, 0.5) is 0 Å². The zero-order valence-corrected chi connectivity index (χ0v) is 22.3. The van der Waals surface area contributed by atoms with E-state index in [1.54, 1.807) is 11.0 Å². The fourth-order valence-corrected chi connectivity index (χ4v) is 4.34. The van der Waals surface area contributed by atoms with Gasteiger partial charge >= 0.3 is 0 Å². The van der Waals surface area contributed by atoms with Crippen molar-refractivity contribution < 1.29 is 14.3 Å². The molecule has 0 fully saturated rings. The summed E-state index contributed by atoms with van der Waals surface area (Å²) < 4.78 is 6.01. The second kappa shape index (κ2) is 13.1. The van der Waals surface area contributed by atoms with Crippen LogP contribution < -0.4 is 10.1 Å². The van der Waals surface area contributed by atoms with Gasteiger partial charge in [-0.05, 0) is 73.2 Å². The molecule has 3 aromatic carbocycles. The van der Waals surface area contributed by atoms with Gasteiger partial charge in [-0.1, -0.05) is 67.1 Å². The van der Waals surface area contributed by atoms with E-state index >= 15 is 0 Å². The molecule has 0 aliphatic carbocycles. The van der Waals surface area contributed by atoms with Crippen molar-refractivity contribution in [2.75, 3.05) is 13.2 Å². The highest BCUT2D eigenvalue weighted by molar-refractivity contribution is 6.30. The van der Waals surface area contributed by atoms with E-state index in [1.165, 1.54) is 0 Å². The van der Waals surface area contributed by atoms with E-state index in [1.807, 2.05) is 82.3 Å². The molecule has 6 heteroatoms. The first-order valence-electron chi connectivity index (χ1n) is 12.3. The number of carbonyl (C=O) groups is 2. The summed E-state index contributed by atoms with van der Waals surface area (Å²) in [5, 5.41) is 3.56. The summed E-state index contributed by atoms with van der Waals surface area (Å²) in [7, 11) is 0. The third-order valence-electron chi connectivity index (χ3n) is 6.18. The SMILES string of the molecule is CCCNC(=O)C(Cc1ccccc1)N(Cc1cccc(Cl)c1)C(=O)COc1cc(C)cc(C)c1C. The van der Waals surface area contributed by atoms with Crippen LogP contribution in [0.1, 0.15) is 41.2 Å². The van der Waals surface area contributed by atoms with E-state index in [0.717, 1.165) is 34.2 Å². The third kappa shape index (κ3) is 7.59. The molecule has 0 aromatic heterocycles. The van der Waals surface area contributed by atoms with Gasteiger partial charge in [-0.15, -0.1) is 0 Å². The number of carbonyl (C=O) groups excluding carboxylic acids is 2. The smallest absolute Gasteiger partial charge is 0.261 e. The summed E-state index contributed by atoms with van der Waals surface area (Å²) in [5.74, 6) is 0.235. The number of hydrogen-bond acceptors (Lipinski definition) is 3. The van der Waals surface area contributed by atoms with Gasteiger partial charge in [-0.2, -0.15) is 0 Å².